The first kappa shape index (κ1) is 16.2. The average Bonchev–Trinajstić information content (AvgIpc) is 2.52. The van der Waals surface area contributed by atoms with Gasteiger partial charge in [0.15, 0.2) is 0 Å². The summed E-state index contributed by atoms with van der Waals surface area (Å²) >= 11 is 5.60. The number of nitrogens with two attached hydrogens (primary N) is 1. The Hall–Kier alpha value is -2.67. The van der Waals surface area contributed by atoms with Crippen molar-refractivity contribution in [1.82, 2.24) is 0 Å². The summed E-state index contributed by atoms with van der Waals surface area (Å²) in [6, 6.07) is 9.84. The van der Waals surface area contributed by atoms with Gasteiger partial charge in [0.25, 0.3) is 0 Å². The summed E-state index contributed by atoms with van der Waals surface area (Å²) < 4.78 is 43.8. The van der Waals surface area contributed by atoms with Crippen molar-refractivity contribution < 1.29 is 17.6 Å². The van der Waals surface area contributed by atoms with E-state index in [2.05, 4.69) is 5.32 Å². The monoisotopic (exact) mass is 354 g/mol. The van der Waals surface area contributed by atoms with Crippen molar-refractivity contribution in [3.8, 4) is 0 Å². The van der Waals surface area contributed by atoms with Gasteiger partial charge in [-0.3, -0.25) is 0 Å². The summed E-state index contributed by atoms with van der Waals surface area (Å²) in [7, 11) is 0. The Morgan fingerprint density at radius 3 is 2.42 bits per heavy atom. The van der Waals surface area contributed by atoms with Crippen LogP contribution in [-0.2, 0) is 6.18 Å². The molecule has 3 aromatic rings. The van der Waals surface area contributed by atoms with E-state index in [9.17, 15) is 18.0 Å². The van der Waals surface area contributed by atoms with E-state index in [0.29, 0.717) is 5.39 Å². The van der Waals surface area contributed by atoms with Gasteiger partial charge in [0.05, 0.1) is 16.0 Å². The van der Waals surface area contributed by atoms with Crippen LogP contribution in [0.2, 0.25) is 5.02 Å². The molecule has 0 radical (unpaired) electrons. The van der Waals surface area contributed by atoms with Crippen LogP contribution in [0.1, 0.15) is 5.56 Å². The van der Waals surface area contributed by atoms with Gasteiger partial charge in [-0.2, -0.15) is 13.2 Å². The highest BCUT2D eigenvalue weighted by atomic mass is 35.5. The quantitative estimate of drug-likeness (QED) is 0.694. The largest absolute Gasteiger partial charge is 0.417 e. The first-order valence-corrected chi connectivity index (χ1v) is 7.10. The summed E-state index contributed by atoms with van der Waals surface area (Å²) in [5.41, 5.74) is 4.43. The van der Waals surface area contributed by atoms with E-state index >= 15 is 0 Å². The van der Waals surface area contributed by atoms with Gasteiger partial charge in [-0.1, -0.05) is 29.8 Å². The van der Waals surface area contributed by atoms with E-state index in [1.54, 1.807) is 18.2 Å². The predicted molar refractivity (Wildman–Crippen MR) is 86.6 cm³/mol. The highest BCUT2D eigenvalue weighted by Gasteiger charge is 2.33. The average molecular weight is 355 g/mol. The lowest BCUT2D eigenvalue weighted by Gasteiger charge is -2.14. The number of anilines is 3. The highest BCUT2D eigenvalue weighted by molar-refractivity contribution is 6.31. The Morgan fingerprint density at radius 1 is 1.08 bits per heavy atom. The van der Waals surface area contributed by atoms with Gasteiger partial charge in [0.2, 0.25) is 5.88 Å². The van der Waals surface area contributed by atoms with Crippen molar-refractivity contribution in [1.29, 1.82) is 0 Å². The molecule has 1 heterocycles. The summed E-state index contributed by atoms with van der Waals surface area (Å²) in [6.07, 6.45) is -4.59. The topological polar surface area (TPSA) is 68.3 Å². The molecule has 8 heteroatoms. The van der Waals surface area contributed by atoms with Crippen LogP contribution >= 0.6 is 11.6 Å². The molecule has 0 aliphatic carbocycles. The molecular weight excluding hydrogens is 345 g/mol. The maximum absolute atomic E-state index is 13.0. The highest BCUT2D eigenvalue weighted by Crippen LogP contribution is 2.38. The van der Waals surface area contributed by atoms with Crippen LogP contribution in [0.4, 0.5) is 30.4 Å². The van der Waals surface area contributed by atoms with E-state index < -0.39 is 22.4 Å². The summed E-state index contributed by atoms with van der Waals surface area (Å²) in [4.78, 5) is 11.8. The molecule has 0 fully saturated rings. The Kier molecular flexibility index (Phi) is 3.88. The SMILES string of the molecule is Nc1oc(=O)c2ccccc2c1Nc1ccc(Cl)c(C(F)(F)F)c1. The second-order valence-corrected chi connectivity index (χ2v) is 5.40. The van der Waals surface area contributed by atoms with Crippen LogP contribution < -0.4 is 16.7 Å². The minimum atomic E-state index is -4.59. The normalized spacial score (nSPS) is 11.7. The van der Waals surface area contributed by atoms with Gasteiger partial charge in [0.1, 0.15) is 5.69 Å². The van der Waals surface area contributed by atoms with Crippen molar-refractivity contribution in [3.63, 3.8) is 0 Å². The van der Waals surface area contributed by atoms with Gasteiger partial charge < -0.3 is 15.5 Å². The van der Waals surface area contributed by atoms with E-state index in [0.717, 1.165) is 12.1 Å². The molecule has 0 aliphatic heterocycles. The lowest BCUT2D eigenvalue weighted by atomic mass is 10.1. The molecule has 0 unspecified atom stereocenters. The lowest BCUT2D eigenvalue weighted by molar-refractivity contribution is -0.137. The van der Waals surface area contributed by atoms with Crippen LogP contribution in [0.5, 0.6) is 0 Å². The molecule has 0 saturated carbocycles. The van der Waals surface area contributed by atoms with E-state index in [4.69, 9.17) is 21.8 Å². The minimum absolute atomic E-state index is 0.109. The van der Waals surface area contributed by atoms with E-state index in [1.165, 1.54) is 12.1 Å². The molecule has 0 atom stereocenters. The molecule has 0 saturated heterocycles. The van der Waals surface area contributed by atoms with Crippen molar-refractivity contribution in [2.75, 3.05) is 11.1 Å². The number of rotatable bonds is 2. The van der Waals surface area contributed by atoms with Crippen LogP contribution in [-0.4, -0.2) is 0 Å². The van der Waals surface area contributed by atoms with Crippen LogP contribution in [0, 0.1) is 0 Å². The smallest absolute Gasteiger partial charge is 0.404 e. The molecule has 2 aromatic carbocycles. The molecule has 24 heavy (non-hydrogen) atoms. The zero-order valence-corrected chi connectivity index (χ0v) is 12.7. The molecule has 0 amide bonds. The molecule has 0 aliphatic rings. The fourth-order valence-electron chi connectivity index (χ4n) is 2.31. The van der Waals surface area contributed by atoms with Gasteiger partial charge in [-0.15, -0.1) is 0 Å². The van der Waals surface area contributed by atoms with Crippen LogP contribution in [0.3, 0.4) is 0 Å². The van der Waals surface area contributed by atoms with E-state index in [-0.39, 0.29) is 22.6 Å². The Labute approximate surface area is 138 Å². The maximum atomic E-state index is 13.0. The third-order valence-corrected chi connectivity index (χ3v) is 3.74. The van der Waals surface area contributed by atoms with Crippen molar-refractivity contribution in [2.45, 2.75) is 6.18 Å². The molecule has 4 nitrogen and oxygen atoms in total. The predicted octanol–water partition coefficient (Wildman–Crippen LogP) is 4.79. The molecule has 0 spiro atoms. The van der Waals surface area contributed by atoms with Gasteiger partial charge in [-0.25, -0.2) is 4.79 Å². The molecular formula is C16H10ClF3N2O2. The lowest BCUT2D eigenvalue weighted by Crippen LogP contribution is -2.08. The number of hydrogen-bond donors (Lipinski definition) is 2. The molecule has 124 valence electrons. The first-order chi connectivity index (χ1) is 11.3. The number of fused-ring (bicyclic) bond motifs is 1. The third-order valence-electron chi connectivity index (χ3n) is 3.41. The fraction of sp³-hybridized carbons (Fsp3) is 0.0625. The number of alkyl halides is 3. The van der Waals surface area contributed by atoms with Crippen molar-refractivity contribution in [3.05, 3.63) is 63.5 Å². The van der Waals surface area contributed by atoms with Gasteiger partial charge in [-0.05, 0) is 24.3 Å². The van der Waals surface area contributed by atoms with E-state index in [1.807, 2.05) is 0 Å². The Bertz CT molecular complexity index is 983. The number of hydrogen-bond acceptors (Lipinski definition) is 4. The standard InChI is InChI=1S/C16H10ClF3N2O2/c17-12-6-5-8(7-11(12)16(18,19)20)22-13-9-3-1-2-4-10(9)15(23)24-14(13)21/h1-7,22H,21H2. The van der Waals surface area contributed by atoms with Crippen molar-refractivity contribution in [2.24, 2.45) is 0 Å². The summed E-state index contributed by atoms with van der Waals surface area (Å²) in [5.74, 6) is -0.220. The first-order valence-electron chi connectivity index (χ1n) is 6.72. The molecule has 1 aromatic heterocycles. The van der Waals surface area contributed by atoms with Crippen molar-refractivity contribution >= 4 is 39.6 Å². The molecule has 0 bridgehead atoms. The van der Waals surface area contributed by atoms with Gasteiger partial charge in [0, 0.05) is 11.1 Å². The molecule has 3 rings (SSSR count). The summed E-state index contributed by atoms with van der Waals surface area (Å²) in [6.45, 7) is 0. The second kappa shape index (κ2) is 5.76. The second-order valence-electron chi connectivity index (χ2n) is 4.99. The number of nitrogen functional groups attached to an aromatic ring is 1. The van der Waals surface area contributed by atoms with Crippen LogP contribution in [0.25, 0.3) is 10.8 Å². The zero-order valence-electron chi connectivity index (χ0n) is 11.9. The number of nitrogens with one attached hydrogen (secondary N) is 1. The maximum Gasteiger partial charge on any atom is 0.417 e. The van der Waals surface area contributed by atoms with Crippen LogP contribution in [0.15, 0.2) is 51.7 Å². The number of halogens is 4. The third kappa shape index (κ3) is 2.90. The summed E-state index contributed by atoms with van der Waals surface area (Å²) in [5, 5.41) is 3.06. The zero-order chi connectivity index (χ0) is 17.5. The Balaban J connectivity index is 2.13. The minimum Gasteiger partial charge on any atom is -0.404 e. The Morgan fingerprint density at radius 2 is 1.75 bits per heavy atom. The molecule has 3 N–H and O–H groups in total. The van der Waals surface area contributed by atoms with Gasteiger partial charge >= 0.3 is 11.8 Å². The fourth-order valence-corrected chi connectivity index (χ4v) is 2.54. The number of benzene rings is 2.